The molecule has 18 heavy (non-hydrogen) atoms. The molecule has 4 heteroatoms. The van der Waals surface area contributed by atoms with E-state index in [2.05, 4.69) is 11.8 Å². The highest BCUT2D eigenvalue weighted by atomic mass is 35.5. The summed E-state index contributed by atoms with van der Waals surface area (Å²) in [5, 5.41) is 1.40. The van der Waals surface area contributed by atoms with Gasteiger partial charge in [-0.1, -0.05) is 36.2 Å². The first-order valence-corrected chi connectivity index (χ1v) is 7.33. The largest absolute Gasteiger partial charge is 0.329 e. The van der Waals surface area contributed by atoms with Crippen LogP contribution in [0.4, 0.5) is 0 Å². The zero-order valence-corrected chi connectivity index (χ0v) is 12.2. The Bertz CT molecular complexity index is 409. The minimum Gasteiger partial charge on any atom is -0.329 e. The van der Waals surface area contributed by atoms with Crippen molar-refractivity contribution in [2.24, 2.45) is 5.73 Å². The topological polar surface area (TPSA) is 29.3 Å². The minimum atomic E-state index is 0.210. The summed E-state index contributed by atoms with van der Waals surface area (Å²) in [5.41, 5.74) is 7.08. The van der Waals surface area contributed by atoms with Gasteiger partial charge in [0.1, 0.15) is 0 Å². The van der Waals surface area contributed by atoms with E-state index in [1.165, 1.54) is 19.3 Å². The van der Waals surface area contributed by atoms with E-state index < -0.39 is 0 Å². The molecule has 1 aromatic rings. The Morgan fingerprint density at radius 2 is 2.22 bits per heavy atom. The van der Waals surface area contributed by atoms with Gasteiger partial charge in [0.05, 0.1) is 0 Å². The van der Waals surface area contributed by atoms with Crippen LogP contribution < -0.4 is 5.73 Å². The van der Waals surface area contributed by atoms with Crippen LogP contribution in [0.15, 0.2) is 18.2 Å². The lowest BCUT2D eigenvalue weighted by Crippen LogP contribution is -2.37. The monoisotopic (exact) mass is 286 g/mol. The summed E-state index contributed by atoms with van der Waals surface area (Å²) in [5.74, 6) is 0. The van der Waals surface area contributed by atoms with Crippen LogP contribution in [0.5, 0.6) is 0 Å². The molecule has 2 N–H and O–H groups in total. The second-order valence-electron chi connectivity index (χ2n) is 4.86. The van der Waals surface area contributed by atoms with Gasteiger partial charge in [-0.3, -0.25) is 4.90 Å². The molecule has 2 rings (SSSR count). The highest BCUT2D eigenvalue weighted by molar-refractivity contribution is 6.35. The number of benzene rings is 1. The standard InChI is InChI=1S/C14H20Cl2N2/c1-2-11-4-3-7-18(11)14(9-17)12-6-5-10(15)8-13(12)16/h5-6,8,11,14H,2-4,7,9,17H2,1H3. The van der Waals surface area contributed by atoms with E-state index in [0.717, 1.165) is 17.1 Å². The molecule has 0 amide bonds. The molecule has 0 spiro atoms. The fourth-order valence-electron chi connectivity index (χ4n) is 2.92. The molecule has 1 aromatic carbocycles. The fourth-order valence-corrected chi connectivity index (χ4v) is 3.45. The first-order chi connectivity index (χ1) is 8.67. The number of halogens is 2. The molecule has 2 unspecified atom stereocenters. The van der Waals surface area contributed by atoms with Crippen LogP contribution in [0.3, 0.4) is 0 Å². The molecule has 1 heterocycles. The van der Waals surface area contributed by atoms with Gasteiger partial charge in [-0.2, -0.15) is 0 Å². The summed E-state index contributed by atoms with van der Waals surface area (Å²) in [7, 11) is 0. The lowest BCUT2D eigenvalue weighted by atomic mass is 10.0. The first kappa shape index (κ1) is 14.1. The maximum Gasteiger partial charge on any atom is 0.0488 e. The summed E-state index contributed by atoms with van der Waals surface area (Å²) in [6, 6.07) is 6.54. The highest BCUT2D eigenvalue weighted by Gasteiger charge is 2.30. The van der Waals surface area contributed by atoms with Crippen LogP contribution in [0.1, 0.15) is 37.8 Å². The second kappa shape index (κ2) is 6.25. The zero-order valence-electron chi connectivity index (χ0n) is 10.7. The summed E-state index contributed by atoms with van der Waals surface area (Å²) >= 11 is 12.3. The third kappa shape index (κ3) is 2.83. The molecule has 1 aliphatic heterocycles. The quantitative estimate of drug-likeness (QED) is 0.911. The summed E-state index contributed by atoms with van der Waals surface area (Å²) in [4.78, 5) is 2.50. The van der Waals surface area contributed by atoms with Gasteiger partial charge < -0.3 is 5.73 Å². The first-order valence-electron chi connectivity index (χ1n) is 6.58. The second-order valence-corrected chi connectivity index (χ2v) is 5.70. The normalized spacial score (nSPS) is 22.3. The van der Waals surface area contributed by atoms with Gasteiger partial charge in [-0.15, -0.1) is 0 Å². The molecule has 100 valence electrons. The smallest absolute Gasteiger partial charge is 0.0488 e. The molecule has 0 aromatic heterocycles. The van der Waals surface area contributed by atoms with Gasteiger partial charge in [0.15, 0.2) is 0 Å². The lowest BCUT2D eigenvalue weighted by Gasteiger charge is -2.32. The Morgan fingerprint density at radius 1 is 1.44 bits per heavy atom. The summed E-state index contributed by atoms with van der Waals surface area (Å²) in [6.07, 6.45) is 3.68. The molecular weight excluding hydrogens is 267 g/mol. The SMILES string of the molecule is CCC1CCCN1C(CN)c1ccc(Cl)cc1Cl. The maximum absolute atomic E-state index is 6.31. The van der Waals surface area contributed by atoms with E-state index in [0.29, 0.717) is 17.6 Å². The van der Waals surface area contributed by atoms with Crippen molar-refractivity contribution in [1.82, 2.24) is 4.90 Å². The van der Waals surface area contributed by atoms with Crippen LogP contribution in [-0.4, -0.2) is 24.0 Å². The Morgan fingerprint density at radius 3 is 2.83 bits per heavy atom. The van der Waals surface area contributed by atoms with E-state index in [1.807, 2.05) is 12.1 Å². The zero-order chi connectivity index (χ0) is 13.1. The van der Waals surface area contributed by atoms with Gasteiger partial charge in [-0.05, 0) is 43.5 Å². The Labute approximate surface area is 119 Å². The van der Waals surface area contributed by atoms with Crippen LogP contribution >= 0.6 is 23.2 Å². The molecule has 1 saturated heterocycles. The van der Waals surface area contributed by atoms with Gasteiger partial charge in [0, 0.05) is 28.7 Å². The summed E-state index contributed by atoms with van der Waals surface area (Å²) < 4.78 is 0. The average Bonchev–Trinajstić information content (AvgIpc) is 2.81. The predicted molar refractivity (Wildman–Crippen MR) is 78.3 cm³/mol. The summed E-state index contributed by atoms with van der Waals surface area (Å²) in [6.45, 7) is 3.94. The van der Waals surface area contributed by atoms with Crippen molar-refractivity contribution in [2.45, 2.75) is 38.3 Å². The van der Waals surface area contributed by atoms with Crippen LogP contribution in [-0.2, 0) is 0 Å². The third-order valence-electron chi connectivity index (χ3n) is 3.84. The number of nitrogens with zero attached hydrogens (tertiary/aromatic N) is 1. The fraction of sp³-hybridized carbons (Fsp3) is 0.571. The maximum atomic E-state index is 6.31. The number of nitrogens with two attached hydrogens (primary N) is 1. The Hall–Kier alpha value is -0.280. The molecule has 1 fully saturated rings. The van der Waals surface area contributed by atoms with Crippen molar-refractivity contribution in [1.29, 1.82) is 0 Å². The van der Waals surface area contributed by atoms with Gasteiger partial charge in [0.2, 0.25) is 0 Å². The van der Waals surface area contributed by atoms with Crippen molar-refractivity contribution in [3.8, 4) is 0 Å². The minimum absolute atomic E-state index is 0.210. The number of hydrogen-bond donors (Lipinski definition) is 1. The van der Waals surface area contributed by atoms with Crippen LogP contribution in [0, 0.1) is 0 Å². The Balaban J connectivity index is 2.27. The van der Waals surface area contributed by atoms with E-state index in [-0.39, 0.29) is 6.04 Å². The van der Waals surface area contributed by atoms with Crippen LogP contribution in [0.25, 0.3) is 0 Å². The molecule has 0 bridgehead atoms. The van der Waals surface area contributed by atoms with Crippen molar-refractivity contribution < 1.29 is 0 Å². The molecule has 2 atom stereocenters. The lowest BCUT2D eigenvalue weighted by molar-refractivity contribution is 0.180. The Kier molecular flexibility index (Phi) is 4.91. The van der Waals surface area contributed by atoms with Gasteiger partial charge >= 0.3 is 0 Å². The van der Waals surface area contributed by atoms with Crippen molar-refractivity contribution in [2.75, 3.05) is 13.1 Å². The molecule has 0 saturated carbocycles. The molecule has 1 aliphatic rings. The van der Waals surface area contributed by atoms with E-state index in [1.54, 1.807) is 6.07 Å². The molecule has 2 nitrogen and oxygen atoms in total. The van der Waals surface area contributed by atoms with Crippen molar-refractivity contribution in [3.63, 3.8) is 0 Å². The van der Waals surface area contributed by atoms with Crippen molar-refractivity contribution in [3.05, 3.63) is 33.8 Å². The van der Waals surface area contributed by atoms with E-state index in [9.17, 15) is 0 Å². The van der Waals surface area contributed by atoms with Gasteiger partial charge in [0.25, 0.3) is 0 Å². The van der Waals surface area contributed by atoms with E-state index in [4.69, 9.17) is 28.9 Å². The van der Waals surface area contributed by atoms with E-state index >= 15 is 0 Å². The van der Waals surface area contributed by atoms with Gasteiger partial charge in [-0.25, -0.2) is 0 Å². The highest BCUT2D eigenvalue weighted by Crippen LogP contribution is 2.34. The number of hydrogen-bond acceptors (Lipinski definition) is 2. The molecule has 0 aliphatic carbocycles. The number of likely N-dealkylation sites (tertiary alicyclic amines) is 1. The van der Waals surface area contributed by atoms with Crippen molar-refractivity contribution >= 4 is 23.2 Å². The molecule has 0 radical (unpaired) electrons. The van der Waals surface area contributed by atoms with Crippen LogP contribution in [0.2, 0.25) is 10.0 Å². The predicted octanol–water partition coefficient (Wildman–Crippen LogP) is 3.87. The number of rotatable bonds is 4. The molecular formula is C14H20Cl2N2. The third-order valence-corrected chi connectivity index (χ3v) is 4.40. The average molecular weight is 287 g/mol.